The Hall–Kier alpha value is -1.97. The van der Waals surface area contributed by atoms with Gasteiger partial charge in [-0.2, -0.15) is 5.26 Å². The van der Waals surface area contributed by atoms with Gasteiger partial charge in [0.25, 0.3) is 0 Å². The van der Waals surface area contributed by atoms with Gasteiger partial charge in [-0.1, -0.05) is 23.4 Å². The van der Waals surface area contributed by atoms with E-state index in [0.29, 0.717) is 22.8 Å². The van der Waals surface area contributed by atoms with Crippen molar-refractivity contribution in [3.8, 4) is 17.9 Å². The topological polar surface area (TPSA) is 50.1 Å². The van der Waals surface area contributed by atoms with E-state index < -0.39 is 0 Å². The Kier molecular flexibility index (Phi) is 5.07. The van der Waals surface area contributed by atoms with Crippen LogP contribution in [0.1, 0.15) is 24.5 Å². The van der Waals surface area contributed by atoms with Crippen LogP contribution >= 0.6 is 11.6 Å². The van der Waals surface area contributed by atoms with E-state index in [1.165, 1.54) is 0 Å². The summed E-state index contributed by atoms with van der Waals surface area (Å²) in [6, 6.07) is 6.80. The van der Waals surface area contributed by atoms with Gasteiger partial charge < -0.3 is 4.74 Å². The van der Waals surface area contributed by atoms with E-state index in [2.05, 4.69) is 11.8 Å². The van der Waals surface area contributed by atoms with Gasteiger partial charge in [-0.3, -0.25) is 4.79 Å². The molecule has 17 heavy (non-hydrogen) atoms. The molecule has 1 rings (SSSR count). The third-order valence-corrected chi connectivity index (χ3v) is 2.19. The molecule has 0 saturated carbocycles. The molecule has 0 heterocycles. The molecule has 0 aliphatic heterocycles. The van der Waals surface area contributed by atoms with Crippen LogP contribution in [0, 0.1) is 23.2 Å². The molecule has 0 aliphatic carbocycles. The zero-order valence-electron chi connectivity index (χ0n) is 9.29. The van der Waals surface area contributed by atoms with Crippen molar-refractivity contribution in [3.63, 3.8) is 0 Å². The summed E-state index contributed by atoms with van der Waals surface area (Å²) in [6.07, 6.45) is 0.0148. The largest absolute Gasteiger partial charge is 0.465 e. The van der Waals surface area contributed by atoms with Crippen molar-refractivity contribution in [1.82, 2.24) is 0 Å². The Morgan fingerprint density at radius 2 is 2.29 bits per heavy atom. The first-order valence-corrected chi connectivity index (χ1v) is 5.39. The Bertz CT molecular complexity index is 520. The van der Waals surface area contributed by atoms with Crippen LogP contribution in [-0.2, 0) is 9.53 Å². The van der Waals surface area contributed by atoms with Crippen molar-refractivity contribution < 1.29 is 9.53 Å². The predicted molar refractivity (Wildman–Crippen MR) is 64.3 cm³/mol. The number of carbonyl (C=O) groups excluding carboxylic acids is 1. The molecule has 0 spiro atoms. The van der Waals surface area contributed by atoms with Crippen LogP contribution in [0.15, 0.2) is 18.2 Å². The van der Waals surface area contributed by atoms with Gasteiger partial charge in [-0.15, -0.1) is 0 Å². The van der Waals surface area contributed by atoms with E-state index in [0.717, 1.165) is 0 Å². The summed E-state index contributed by atoms with van der Waals surface area (Å²) >= 11 is 5.90. The molecule has 0 aromatic heterocycles. The number of carbonyl (C=O) groups is 1. The Balaban J connectivity index is 2.78. The number of hydrogen-bond acceptors (Lipinski definition) is 3. The summed E-state index contributed by atoms with van der Waals surface area (Å²) in [6.45, 7) is 2.07. The second kappa shape index (κ2) is 6.58. The molecule has 0 aliphatic rings. The van der Waals surface area contributed by atoms with Gasteiger partial charge >= 0.3 is 5.97 Å². The minimum atomic E-state index is -0.368. The van der Waals surface area contributed by atoms with Gasteiger partial charge in [0.2, 0.25) is 0 Å². The quantitative estimate of drug-likeness (QED) is 0.596. The number of ether oxygens (including phenoxy) is 1. The van der Waals surface area contributed by atoms with E-state index in [9.17, 15) is 4.79 Å². The van der Waals surface area contributed by atoms with E-state index >= 15 is 0 Å². The van der Waals surface area contributed by atoms with Gasteiger partial charge in [0, 0.05) is 5.56 Å². The van der Waals surface area contributed by atoms with E-state index in [1.54, 1.807) is 25.1 Å². The molecule has 1 aromatic carbocycles. The van der Waals surface area contributed by atoms with Crippen LogP contribution in [0.3, 0.4) is 0 Å². The first kappa shape index (κ1) is 13.1. The molecule has 1 aromatic rings. The average molecular weight is 248 g/mol. The lowest BCUT2D eigenvalue weighted by Gasteiger charge is -1.96. The summed E-state index contributed by atoms with van der Waals surface area (Å²) in [5.41, 5.74) is 1.02. The highest BCUT2D eigenvalue weighted by atomic mass is 35.5. The molecule has 0 amide bonds. The minimum Gasteiger partial charge on any atom is -0.465 e. The van der Waals surface area contributed by atoms with Crippen molar-refractivity contribution in [2.45, 2.75) is 13.3 Å². The summed E-state index contributed by atoms with van der Waals surface area (Å²) in [4.78, 5) is 11.0. The molecular formula is C13H10ClNO2. The number of hydrogen-bond donors (Lipinski definition) is 0. The van der Waals surface area contributed by atoms with Crippen molar-refractivity contribution >= 4 is 17.6 Å². The standard InChI is InChI=1S/C13H10ClNO2/c1-2-17-13(16)5-3-4-11-8-10(9-15)6-7-12(11)14/h6-8H,2,5H2,1H3. The fourth-order valence-electron chi connectivity index (χ4n) is 1.11. The SMILES string of the molecule is CCOC(=O)CC#Cc1cc(C#N)ccc1Cl. The van der Waals surface area contributed by atoms with Gasteiger partial charge in [0.1, 0.15) is 6.42 Å². The second-order valence-electron chi connectivity index (χ2n) is 3.09. The summed E-state index contributed by atoms with van der Waals surface area (Å²) in [7, 11) is 0. The molecule has 0 unspecified atom stereocenters. The number of benzene rings is 1. The van der Waals surface area contributed by atoms with E-state index in [-0.39, 0.29) is 12.4 Å². The van der Waals surface area contributed by atoms with E-state index in [4.69, 9.17) is 21.6 Å². The Morgan fingerprint density at radius 3 is 2.94 bits per heavy atom. The average Bonchev–Trinajstić information content (AvgIpc) is 2.32. The Morgan fingerprint density at radius 1 is 1.53 bits per heavy atom. The maximum absolute atomic E-state index is 11.0. The maximum atomic E-state index is 11.0. The highest BCUT2D eigenvalue weighted by Crippen LogP contribution is 2.16. The summed E-state index contributed by atoms with van der Waals surface area (Å²) in [5, 5.41) is 9.18. The fraction of sp³-hybridized carbons (Fsp3) is 0.231. The summed E-state index contributed by atoms with van der Waals surface area (Å²) in [5.74, 6) is 5.04. The van der Waals surface area contributed by atoms with Crippen molar-refractivity contribution in [2.24, 2.45) is 0 Å². The predicted octanol–water partition coefficient (Wildman–Crippen LogP) is 2.52. The van der Waals surface area contributed by atoms with Crippen molar-refractivity contribution in [2.75, 3.05) is 6.61 Å². The van der Waals surface area contributed by atoms with Crippen LogP contribution < -0.4 is 0 Å². The zero-order valence-corrected chi connectivity index (χ0v) is 10.0. The second-order valence-corrected chi connectivity index (χ2v) is 3.50. The van der Waals surface area contributed by atoms with Gasteiger partial charge in [-0.25, -0.2) is 0 Å². The third-order valence-electron chi connectivity index (χ3n) is 1.86. The van der Waals surface area contributed by atoms with Crippen LogP contribution in [0.2, 0.25) is 5.02 Å². The lowest BCUT2D eigenvalue weighted by molar-refractivity contribution is -0.141. The molecule has 0 fully saturated rings. The molecule has 0 saturated heterocycles. The lowest BCUT2D eigenvalue weighted by atomic mass is 10.1. The van der Waals surface area contributed by atoms with Gasteiger partial charge in [0.15, 0.2) is 0 Å². The summed E-state index contributed by atoms with van der Waals surface area (Å²) < 4.78 is 4.73. The molecule has 3 nitrogen and oxygen atoms in total. The van der Waals surface area contributed by atoms with Gasteiger partial charge in [0.05, 0.1) is 23.3 Å². The number of rotatable bonds is 2. The first-order chi connectivity index (χ1) is 8.17. The highest BCUT2D eigenvalue weighted by molar-refractivity contribution is 6.31. The number of nitriles is 1. The van der Waals surface area contributed by atoms with E-state index in [1.807, 2.05) is 6.07 Å². The number of nitrogens with zero attached hydrogens (tertiary/aromatic N) is 1. The number of halogens is 1. The van der Waals surface area contributed by atoms with Crippen molar-refractivity contribution in [1.29, 1.82) is 5.26 Å². The zero-order chi connectivity index (χ0) is 12.7. The van der Waals surface area contributed by atoms with Crippen LogP contribution in [0.5, 0.6) is 0 Å². The monoisotopic (exact) mass is 247 g/mol. The van der Waals surface area contributed by atoms with Gasteiger partial charge in [-0.05, 0) is 25.1 Å². The van der Waals surface area contributed by atoms with Crippen LogP contribution in [0.25, 0.3) is 0 Å². The molecule has 0 N–H and O–H groups in total. The molecule has 86 valence electrons. The van der Waals surface area contributed by atoms with Crippen LogP contribution in [0.4, 0.5) is 0 Å². The van der Waals surface area contributed by atoms with Crippen LogP contribution in [-0.4, -0.2) is 12.6 Å². The third kappa shape index (κ3) is 4.18. The molecule has 4 heteroatoms. The highest BCUT2D eigenvalue weighted by Gasteiger charge is 2.00. The molecular weight excluding hydrogens is 238 g/mol. The molecule has 0 atom stereocenters. The molecule has 0 radical (unpaired) electrons. The molecule has 0 bridgehead atoms. The Labute approximate surface area is 105 Å². The smallest absolute Gasteiger partial charge is 0.317 e. The normalized spacial score (nSPS) is 8.76. The maximum Gasteiger partial charge on any atom is 0.317 e. The fourth-order valence-corrected chi connectivity index (χ4v) is 1.28. The van der Waals surface area contributed by atoms with Crippen molar-refractivity contribution in [3.05, 3.63) is 34.3 Å². The lowest BCUT2D eigenvalue weighted by Crippen LogP contribution is -2.01. The minimum absolute atomic E-state index is 0.0148. The number of esters is 1. The first-order valence-electron chi connectivity index (χ1n) is 5.01.